The Morgan fingerprint density at radius 2 is 2.17 bits per heavy atom. The summed E-state index contributed by atoms with van der Waals surface area (Å²) in [5.41, 5.74) is 1.66. The molecule has 2 heterocycles. The lowest BCUT2D eigenvalue weighted by molar-refractivity contribution is -0.124. The van der Waals surface area contributed by atoms with Gasteiger partial charge in [0.1, 0.15) is 0 Å². The molecule has 1 aromatic carbocycles. The molecule has 1 aliphatic heterocycles. The maximum atomic E-state index is 12.6. The number of nitrogens with one attached hydrogen (secondary N) is 1. The van der Waals surface area contributed by atoms with Crippen molar-refractivity contribution in [2.45, 2.75) is 12.3 Å². The van der Waals surface area contributed by atoms with Crippen LogP contribution in [0.5, 0.6) is 0 Å². The Labute approximate surface area is 187 Å². The van der Waals surface area contributed by atoms with Gasteiger partial charge in [-0.15, -0.1) is 0 Å². The normalized spacial score (nSPS) is 22.1. The van der Waals surface area contributed by atoms with Crippen molar-refractivity contribution >= 4 is 58.1 Å². The lowest BCUT2D eigenvalue weighted by Crippen LogP contribution is -2.37. The minimum atomic E-state index is -0.398. The van der Waals surface area contributed by atoms with Gasteiger partial charge in [0.15, 0.2) is 0 Å². The van der Waals surface area contributed by atoms with Crippen LogP contribution in [0.15, 0.2) is 35.5 Å². The maximum absolute atomic E-state index is 12.6. The van der Waals surface area contributed by atoms with E-state index in [0.29, 0.717) is 15.6 Å². The number of aryl methyl sites for hydroxylation is 1. The first-order chi connectivity index (χ1) is 14.3. The highest BCUT2D eigenvalue weighted by Gasteiger charge is 2.44. The zero-order valence-corrected chi connectivity index (χ0v) is 18.3. The summed E-state index contributed by atoms with van der Waals surface area (Å²) in [6.07, 6.45) is 6.05. The van der Waals surface area contributed by atoms with Crippen molar-refractivity contribution in [3.63, 3.8) is 0 Å². The highest BCUT2D eigenvalue weighted by molar-refractivity contribution is 8.18. The molecule has 7 nitrogen and oxygen atoms in total. The van der Waals surface area contributed by atoms with E-state index in [4.69, 9.17) is 23.2 Å². The molecule has 1 N–H and O–H groups in total. The number of hydrogen-bond acceptors (Lipinski definition) is 5. The van der Waals surface area contributed by atoms with E-state index in [0.717, 1.165) is 28.6 Å². The number of imide groups is 1. The van der Waals surface area contributed by atoms with Gasteiger partial charge in [0.25, 0.3) is 11.1 Å². The number of halogens is 2. The molecule has 1 saturated heterocycles. The molecular weight excluding hydrogens is 447 g/mol. The SMILES string of the molecule is Cn1cc(C2CC2C(=O)NCCN2C(=O)S/C(=C\c3ccc(Cl)cc3Cl)C2=O)cn1. The molecular formula is C20H18Cl2N4O3S. The molecule has 4 rings (SSSR count). The van der Waals surface area contributed by atoms with Crippen molar-refractivity contribution in [1.82, 2.24) is 20.0 Å². The number of carbonyl (C=O) groups is 3. The van der Waals surface area contributed by atoms with Gasteiger partial charge in [-0.1, -0.05) is 29.3 Å². The monoisotopic (exact) mass is 464 g/mol. The third kappa shape index (κ3) is 4.40. The molecule has 2 aliphatic rings. The molecule has 10 heteroatoms. The first kappa shape index (κ1) is 21.0. The molecule has 2 unspecified atom stereocenters. The van der Waals surface area contributed by atoms with Crippen LogP contribution in [0, 0.1) is 5.92 Å². The largest absolute Gasteiger partial charge is 0.354 e. The molecule has 2 atom stereocenters. The van der Waals surface area contributed by atoms with E-state index >= 15 is 0 Å². The minimum absolute atomic E-state index is 0.0701. The molecule has 0 bridgehead atoms. The summed E-state index contributed by atoms with van der Waals surface area (Å²) in [7, 11) is 1.84. The average molecular weight is 465 g/mol. The molecule has 3 amide bonds. The maximum Gasteiger partial charge on any atom is 0.293 e. The quantitative estimate of drug-likeness (QED) is 0.658. The van der Waals surface area contributed by atoms with Crippen LogP contribution < -0.4 is 5.32 Å². The summed E-state index contributed by atoms with van der Waals surface area (Å²) in [5, 5.41) is 7.47. The van der Waals surface area contributed by atoms with E-state index in [1.807, 2.05) is 13.2 Å². The Bertz CT molecular complexity index is 1070. The number of amides is 3. The molecule has 0 radical (unpaired) electrons. The van der Waals surface area contributed by atoms with Crippen molar-refractivity contribution < 1.29 is 14.4 Å². The van der Waals surface area contributed by atoms with Gasteiger partial charge in [0.2, 0.25) is 5.91 Å². The van der Waals surface area contributed by atoms with E-state index in [2.05, 4.69) is 10.4 Å². The van der Waals surface area contributed by atoms with Crippen molar-refractivity contribution in [2.24, 2.45) is 13.0 Å². The average Bonchev–Trinajstić information content (AvgIpc) is 3.31. The summed E-state index contributed by atoms with van der Waals surface area (Å²) in [4.78, 5) is 38.6. The highest BCUT2D eigenvalue weighted by Crippen LogP contribution is 2.47. The van der Waals surface area contributed by atoms with Crippen molar-refractivity contribution in [3.05, 3.63) is 56.7 Å². The van der Waals surface area contributed by atoms with Gasteiger partial charge in [-0.25, -0.2) is 0 Å². The number of rotatable bonds is 6. The molecule has 156 valence electrons. The standard InChI is InChI=1S/C20H18Cl2N4O3S/c1-25-10-12(9-24-25)14-8-15(14)18(27)23-4-5-26-19(28)17(30-20(26)29)6-11-2-3-13(21)7-16(11)22/h2-3,6-7,9-10,14-15H,4-5,8H2,1H3,(H,23,27)/b17-6-. The fraction of sp³-hybridized carbons (Fsp3) is 0.300. The first-order valence-corrected chi connectivity index (χ1v) is 10.9. The first-order valence-electron chi connectivity index (χ1n) is 9.30. The molecule has 1 aromatic heterocycles. The van der Waals surface area contributed by atoms with Crippen molar-refractivity contribution in [2.75, 3.05) is 13.1 Å². The van der Waals surface area contributed by atoms with E-state index in [9.17, 15) is 14.4 Å². The second-order valence-electron chi connectivity index (χ2n) is 7.19. The van der Waals surface area contributed by atoms with E-state index in [1.54, 1.807) is 35.2 Å². The lowest BCUT2D eigenvalue weighted by Gasteiger charge is -2.13. The Morgan fingerprint density at radius 1 is 1.37 bits per heavy atom. The van der Waals surface area contributed by atoms with Crippen LogP contribution in [0.3, 0.4) is 0 Å². The molecule has 1 aliphatic carbocycles. The predicted octanol–water partition coefficient (Wildman–Crippen LogP) is 3.68. The van der Waals surface area contributed by atoms with Crippen LogP contribution in [0.2, 0.25) is 10.0 Å². The molecule has 30 heavy (non-hydrogen) atoms. The molecule has 1 saturated carbocycles. The lowest BCUT2D eigenvalue weighted by atomic mass is 10.2. The third-order valence-electron chi connectivity index (χ3n) is 5.04. The summed E-state index contributed by atoms with van der Waals surface area (Å²) in [5.74, 6) is -0.372. The van der Waals surface area contributed by atoms with Crippen molar-refractivity contribution in [3.8, 4) is 0 Å². The fourth-order valence-corrected chi connectivity index (χ4v) is 4.68. The van der Waals surface area contributed by atoms with E-state index in [1.165, 1.54) is 0 Å². The van der Waals surface area contributed by atoms with Gasteiger partial charge < -0.3 is 5.32 Å². The third-order valence-corrected chi connectivity index (χ3v) is 6.51. The Kier molecular flexibility index (Phi) is 5.90. The smallest absolute Gasteiger partial charge is 0.293 e. The number of aromatic nitrogens is 2. The van der Waals surface area contributed by atoms with Gasteiger partial charge in [-0.05, 0) is 53.4 Å². The Balaban J connectivity index is 1.31. The van der Waals surface area contributed by atoms with Crippen molar-refractivity contribution in [1.29, 1.82) is 0 Å². The van der Waals surface area contributed by atoms with E-state index < -0.39 is 5.91 Å². The zero-order chi connectivity index (χ0) is 21.4. The number of hydrogen-bond donors (Lipinski definition) is 1. The Morgan fingerprint density at radius 3 is 2.87 bits per heavy atom. The van der Waals surface area contributed by atoms with Gasteiger partial charge in [0, 0.05) is 42.3 Å². The second kappa shape index (κ2) is 8.45. The Hall–Kier alpha value is -2.29. The molecule has 2 fully saturated rings. The fourth-order valence-electron chi connectivity index (χ4n) is 3.36. The summed E-state index contributed by atoms with van der Waals surface area (Å²) in [6.45, 7) is 0.328. The number of thioether (sulfide) groups is 1. The van der Waals surface area contributed by atoms with Crippen LogP contribution >= 0.6 is 35.0 Å². The predicted molar refractivity (Wildman–Crippen MR) is 116 cm³/mol. The molecule has 0 spiro atoms. The van der Waals surface area contributed by atoms with Crippen LogP contribution in [0.4, 0.5) is 4.79 Å². The zero-order valence-electron chi connectivity index (χ0n) is 16.0. The van der Waals surface area contributed by atoms with Crippen LogP contribution in [-0.4, -0.2) is 44.8 Å². The van der Waals surface area contributed by atoms with Crippen LogP contribution in [0.25, 0.3) is 6.08 Å². The van der Waals surface area contributed by atoms with Crippen LogP contribution in [0.1, 0.15) is 23.5 Å². The number of nitrogens with zero attached hydrogens (tertiary/aromatic N) is 3. The van der Waals surface area contributed by atoms with Gasteiger partial charge in [-0.3, -0.25) is 24.0 Å². The summed E-state index contributed by atoms with van der Waals surface area (Å²) < 4.78 is 1.72. The van der Waals surface area contributed by atoms with Crippen LogP contribution in [-0.2, 0) is 16.6 Å². The van der Waals surface area contributed by atoms with Gasteiger partial charge >= 0.3 is 0 Å². The van der Waals surface area contributed by atoms with E-state index in [-0.39, 0.29) is 41.0 Å². The van der Waals surface area contributed by atoms with Gasteiger partial charge in [0.05, 0.1) is 11.1 Å². The van der Waals surface area contributed by atoms with Gasteiger partial charge in [-0.2, -0.15) is 5.10 Å². The highest BCUT2D eigenvalue weighted by atomic mass is 35.5. The number of benzene rings is 1. The second-order valence-corrected chi connectivity index (χ2v) is 9.02. The number of carbonyl (C=O) groups excluding carboxylic acids is 3. The summed E-state index contributed by atoms with van der Waals surface area (Å²) >= 11 is 12.9. The topological polar surface area (TPSA) is 84.3 Å². The minimum Gasteiger partial charge on any atom is -0.354 e. The molecule has 2 aromatic rings. The summed E-state index contributed by atoms with van der Waals surface area (Å²) in [6, 6.07) is 4.92.